The first-order chi connectivity index (χ1) is 12.2. The van der Waals surface area contributed by atoms with E-state index in [0.717, 1.165) is 25.7 Å². The van der Waals surface area contributed by atoms with Crippen molar-refractivity contribution in [2.75, 3.05) is 19.7 Å². The molecule has 1 aliphatic heterocycles. The second-order valence-electron chi connectivity index (χ2n) is 7.12. The van der Waals surface area contributed by atoms with Crippen LogP contribution in [0.4, 0.5) is 18.0 Å². The average Bonchev–Trinajstić information content (AvgIpc) is 2.60. The highest BCUT2D eigenvalue weighted by Crippen LogP contribution is 2.19. The van der Waals surface area contributed by atoms with E-state index in [9.17, 15) is 22.8 Å². The number of nitrogens with zero attached hydrogens (tertiary/aromatic N) is 1. The van der Waals surface area contributed by atoms with Gasteiger partial charge in [0.15, 0.2) is 0 Å². The number of likely N-dealkylation sites (tertiary alicyclic amines) is 1. The fraction of sp³-hybridized carbons (Fsp3) is 0.882. The Morgan fingerprint density at radius 1 is 1.04 bits per heavy atom. The van der Waals surface area contributed by atoms with Crippen LogP contribution in [0.15, 0.2) is 0 Å². The van der Waals surface area contributed by atoms with Crippen molar-refractivity contribution >= 4 is 11.9 Å². The zero-order valence-corrected chi connectivity index (χ0v) is 15.1. The van der Waals surface area contributed by atoms with Crippen molar-refractivity contribution < 1.29 is 27.5 Å². The van der Waals surface area contributed by atoms with Crippen LogP contribution >= 0.6 is 0 Å². The molecule has 0 unspecified atom stereocenters. The van der Waals surface area contributed by atoms with Crippen molar-refractivity contribution in [1.29, 1.82) is 0 Å². The van der Waals surface area contributed by atoms with Gasteiger partial charge in [-0.05, 0) is 32.6 Å². The van der Waals surface area contributed by atoms with E-state index in [-0.39, 0.29) is 18.1 Å². The molecule has 0 bridgehead atoms. The number of piperidine rings is 1. The minimum atomic E-state index is -4.45. The number of halogens is 3. The number of alkyl halides is 3. The maximum atomic E-state index is 12.3. The van der Waals surface area contributed by atoms with Crippen LogP contribution in [0.3, 0.4) is 0 Å². The molecule has 1 saturated heterocycles. The van der Waals surface area contributed by atoms with Crippen molar-refractivity contribution in [3.63, 3.8) is 0 Å². The van der Waals surface area contributed by atoms with E-state index in [1.165, 1.54) is 13.3 Å². The molecule has 1 atom stereocenters. The van der Waals surface area contributed by atoms with Gasteiger partial charge in [0.25, 0.3) is 0 Å². The lowest BCUT2D eigenvalue weighted by molar-refractivity contribution is -0.185. The Morgan fingerprint density at radius 3 is 2.19 bits per heavy atom. The number of hydrogen-bond donors (Lipinski definition) is 2. The molecule has 1 saturated carbocycles. The molecule has 1 heterocycles. The topological polar surface area (TPSA) is 70.7 Å². The maximum absolute atomic E-state index is 12.3. The summed E-state index contributed by atoms with van der Waals surface area (Å²) >= 11 is 0. The van der Waals surface area contributed by atoms with Crippen molar-refractivity contribution in [2.45, 2.75) is 76.2 Å². The summed E-state index contributed by atoms with van der Waals surface area (Å²) in [5.74, 6) is -0.556. The molecule has 0 spiro atoms. The van der Waals surface area contributed by atoms with Gasteiger partial charge in [-0.3, -0.25) is 4.79 Å². The number of hydrogen-bond acceptors (Lipinski definition) is 3. The Balaban J connectivity index is 1.67. The third-order valence-electron chi connectivity index (χ3n) is 4.93. The molecule has 0 aromatic carbocycles. The van der Waals surface area contributed by atoms with E-state index >= 15 is 0 Å². The highest BCUT2D eigenvalue weighted by Gasteiger charge is 2.31. The standard InChI is InChI=1S/C17H28F3N3O3/c1-12(26-11-17(18,19)20)15(24)21-14-7-9-23(10-8-14)16(25)22-13-5-3-2-4-6-13/h12-14H,2-11H2,1H3,(H,21,24)(H,22,25)/t12-/m1/s1. The number of nitrogens with one attached hydrogen (secondary N) is 2. The molecule has 0 radical (unpaired) electrons. The second kappa shape index (κ2) is 9.43. The van der Waals surface area contributed by atoms with E-state index in [4.69, 9.17) is 0 Å². The third-order valence-corrected chi connectivity index (χ3v) is 4.93. The molecule has 2 fully saturated rings. The molecule has 2 N–H and O–H groups in total. The van der Waals surface area contributed by atoms with Gasteiger partial charge >= 0.3 is 12.2 Å². The number of urea groups is 1. The van der Waals surface area contributed by atoms with E-state index in [1.807, 2.05) is 0 Å². The number of carbonyl (C=O) groups excluding carboxylic acids is 2. The first-order valence-electron chi connectivity index (χ1n) is 9.29. The summed E-state index contributed by atoms with van der Waals surface area (Å²) in [6.45, 7) is 0.887. The normalized spacial score (nSPS) is 21.3. The summed E-state index contributed by atoms with van der Waals surface area (Å²) in [6, 6.07) is 0.0297. The summed E-state index contributed by atoms with van der Waals surface area (Å²) in [6.07, 6.45) is 1.10. The number of amides is 3. The number of ether oxygens (including phenoxy) is 1. The van der Waals surface area contributed by atoms with Gasteiger partial charge in [-0.25, -0.2) is 4.79 Å². The number of rotatable bonds is 5. The Labute approximate surface area is 151 Å². The van der Waals surface area contributed by atoms with E-state index in [0.29, 0.717) is 25.9 Å². The lowest BCUT2D eigenvalue weighted by atomic mass is 9.95. The summed E-state index contributed by atoms with van der Waals surface area (Å²) in [5.41, 5.74) is 0. The fourth-order valence-corrected chi connectivity index (χ4v) is 3.35. The van der Waals surface area contributed by atoms with E-state index < -0.39 is 24.8 Å². The molecule has 2 aliphatic rings. The maximum Gasteiger partial charge on any atom is 0.411 e. The first kappa shape index (κ1) is 20.8. The van der Waals surface area contributed by atoms with Crippen LogP contribution in [-0.4, -0.2) is 60.9 Å². The van der Waals surface area contributed by atoms with Gasteiger partial charge in [0.2, 0.25) is 5.91 Å². The van der Waals surface area contributed by atoms with E-state index in [1.54, 1.807) is 4.90 Å². The second-order valence-corrected chi connectivity index (χ2v) is 7.12. The fourth-order valence-electron chi connectivity index (χ4n) is 3.35. The summed E-state index contributed by atoms with van der Waals surface area (Å²) in [5, 5.41) is 5.77. The van der Waals surface area contributed by atoms with E-state index in [2.05, 4.69) is 15.4 Å². The predicted octanol–water partition coefficient (Wildman–Crippen LogP) is 2.58. The smallest absolute Gasteiger partial charge is 0.359 e. The van der Waals surface area contributed by atoms with Crippen molar-refractivity contribution in [1.82, 2.24) is 15.5 Å². The van der Waals surface area contributed by atoms with Crippen LogP contribution in [0, 0.1) is 0 Å². The van der Waals surface area contributed by atoms with Gasteiger partial charge in [0.05, 0.1) is 0 Å². The van der Waals surface area contributed by atoms with Crippen molar-refractivity contribution in [2.24, 2.45) is 0 Å². The molecule has 26 heavy (non-hydrogen) atoms. The highest BCUT2D eigenvalue weighted by atomic mass is 19.4. The Morgan fingerprint density at radius 2 is 1.62 bits per heavy atom. The van der Waals surface area contributed by atoms with Crippen LogP contribution in [0.1, 0.15) is 51.9 Å². The zero-order valence-electron chi connectivity index (χ0n) is 15.1. The summed E-state index contributed by atoms with van der Waals surface area (Å²) < 4.78 is 40.9. The molecule has 0 aromatic rings. The molecule has 1 aliphatic carbocycles. The molecular weight excluding hydrogens is 351 g/mol. The Hall–Kier alpha value is -1.51. The molecular formula is C17H28F3N3O3. The van der Waals surface area contributed by atoms with Gasteiger partial charge < -0.3 is 20.3 Å². The van der Waals surface area contributed by atoms with Crippen LogP contribution in [-0.2, 0) is 9.53 Å². The van der Waals surface area contributed by atoms with Gasteiger partial charge in [0.1, 0.15) is 12.7 Å². The van der Waals surface area contributed by atoms with Gasteiger partial charge in [-0.2, -0.15) is 13.2 Å². The molecule has 150 valence electrons. The lowest BCUT2D eigenvalue weighted by Crippen LogP contribution is -2.52. The monoisotopic (exact) mass is 379 g/mol. The number of carbonyl (C=O) groups is 2. The molecule has 9 heteroatoms. The Bertz CT molecular complexity index is 474. The van der Waals surface area contributed by atoms with Crippen molar-refractivity contribution in [3.05, 3.63) is 0 Å². The van der Waals surface area contributed by atoms with Crippen molar-refractivity contribution in [3.8, 4) is 0 Å². The van der Waals surface area contributed by atoms with Gasteiger partial charge in [-0.1, -0.05) is 19.3 Å². The average molecular weight is 379 g/mol. The lowest BCUT2D eigenvalue weighted by Gasteiger charge is -2.34. The van der Waals surface area contributed by atoms with Gasteiger partial charge in [0, 0.05) is 25.2 Å². The first-order valence-corrected chi connectivity index (χ1v) is 9.29. The van der Waals surface area contributed by atoms with Crippen LogP contribution in [0.25, 0.3) is 0 Å². The SMILES string of the molecule is C[C@@H](OCC(F)(F)F)C(=O)NC1CCN(C(=O)NC2CCCCC2)CC1. The zero-order chi connectivity index (χ0) is 19.2. The van der Waals surface area contributed by atoms with Crippen LogP contribution in [0.2, 0.25) is 0 Å². The molecule has 3 amide bonds. The molecule has 0 aromatic heterocycles. The predicted molar refractivity (Wildman–Crippen MR) is 89.6 cm³/mol. The molecule has 2 rings (SSSR count). The quantitative estimate of drug-likeness (QED) is 0.771. The highest BCUT2D eigenvalue weighted by molar-refractivity contribution is 5.80. The minimum absolute atomic E-state index is 0.0662. The van der Waals surface area contributed by atoms with Gasteiger partial charge in [-0.15, -0.1) is 0 Å². The minimum Gasteiger partial charge on any atom is -0.359 e. The molecule has 6 nitrogen and oxygen atoms in total. The van der Waals surface area contributed by atoms with Crippen LogP contribution < -0.4 is 10.6 Å². The van der Waals surface area contributed by atoms with Crippen LogP contribution in [0.5, 0.6) is 0 Å². The largest absolute Gasteiger partial charge is 0.411 e. The summed E-state index contributed by atoms with van der Waals surface area (Å²) in [4.78, 5) is 25.9. The third kappa shape index (κ3) is 7.01. The Kier molecular flexibility index (Phi) is 7.55. The summed E-state index contributed by atoms with van der Waals surface area (Å²) in [7, 11) is 0.